The van der Waals surface area contributed by atoms with E-state index in [1.54, 1.807) is 30.5 Å². The first-order chi connectivity index (χ1) is 18.4. The molecule has 0 radical (unpaired) electrons. The van der Waals surface area contributed by atoms with E-state index in [9.17, 15) is 18.0 Å². The van der Waals surface area contributed by atoms with Crippen LogP contribution in [0.4, 0.5) is 48.1 Å². The summed E-state index contributed by atoms with van der Waals surface area (Å²) in [6.45, 7) is 5.23. The number of anilines is 6. The SMILES string of the molecule is C=CC(=O)Nc1cccc(Nc2nc(Cl)ncc2C)n1.Nc1cccc(Nc2nc(Cl)ncc2C(F)(F)F)n1. The number of amides is 1. The normalized spacial score (nSPS) is 10.6. The van der Waals surface area contributed by atoms with E-state index >= 15 is 0 Å². The summed E-state index contributed by atoms with van der Waals surface area (Å²) < 4.78 is 38.3. The Labute approximate surface area is 229 Å². The van der Waals surface area contributed by atoms with E-state index in [0.29, 0.717) is 23.7 Å². The molecule has 4 heterocycles. The molecule has 0 aliphatic carbocycles. The fraction of sp³-hybridized carbons (Fsp3) is 0.0870. The van der Waals surface area contributed by atoms with Crippen LogP contribution >= 0.6 is 23.2 Å². The summed E-state index contributed by atoms with van der Waals surface area (Å²) in [7, 11) is 0. The minimum absolute atomic E-state index is 0.125. The number of nitrogens with one attached hydrogen (secondary N) is 3. The highest BCUT2D eigenvalue weighted by atomic mass is 35.5. The molecule has 0 bridgehead atoms. The molecule has 11 nitrogen and oxygen atoms in total. The Kier molecular flexibility index (Phi) is 9.52. The number of aryl methyl sites for hydroxylation is 1. The van der Waals surface area contributed by atoms with Crippen molar-refractivity contribution in [1.82, 2.24) is 29.9 Å². The highest BCUT2D eigenvalue weighted by molar-refractivity contribution is 6.28. The van der Waals surface area contributed by atoms with Gasteiger partial charge in [0.1, 0.15) is 40.5 Å². The van der Waals surface area contributed by atoms with Crippen LogP contribution in [0.5, 0.6) is 0 Å². The predicted molar refractivity (Wildman–Crippen MR) is 142 cm³/mol. The van der Waals surface area contributed by atoms with Crippen molar-refractivity contribution in [3.05, 3.63) is 83.1 Å². The number of carbonyl (C=O) groups excluding carboxylic acids is 1. The molecule has 5 N–H and O–H groups in total. The molecule has 0 atom stereocenters. The van der Waals surface area contributed by atoms with Crippen molar-refractivity contribution >= 4 is 64.0 Å². The minimum Gasteiger partial charge on any atom is -0.384 e. The second-order valence-corrected chi connectivity index (χ2v) is 8.04. The number of aromatic nitrogens is 6. The number of alkyl halides is 3. The van der Waals surface area contributed by atoms with E-state index in [4.69, 9.17) is 28.9 Å². The standard InChI is InChI=1S/C13H12ClN5O.C10H7ClF3N5/c1-3-11(20)17-9-5-4-6-10(16-9)18-12-8(2)7-15-13(14)19-12;11-9-16-4-5(10(12,13)14)8(19-9)18-7-3-1-2-6(15)17-7/h3-7H,1H2,2H3,(H2,15,16,17,18,19,20);1-4H,(H3,15,16,17,18,19). The largest absolute Gasteiger partial charge is 0.421 e. The van der Waals surface area contributed by atoms with Gasteiger partial charge in [0, 0.05) is 18.0 Å². The van der Waals surface area contributed by atoms with Crippen molar-refractivity contribution in [2.24, 2.45) is 0 Å². The van der Waals surface area contributed by atoms with Gasteiger partial charge in [0.25, 0.3) is 0 Å². The molecule has 0 unspecified atom stereocenters. The van der Waals surface area contributed by atoms with Crippen molar-refractivity contribution in [3.63, 3.8) is 0 Å². The summed E-state index contributed by atoms with van der Waals surface area (Å²) in [6, 6.07) is 9.67. The van der Waals surface area contributed by atoms with Crippen LogP contribution in [0.25, 0.3) is 0 Å². The first kappa shape index (κ1) is 29.0. The van der Waals surface area contributed by atoms with Gasteiger partial charge in [0.2, 0.25) is 16.5 Å². The summed E-state index contributed by atoms with van der Waals surface area (Å²) in [5.74, 6) is 0.993. The van der Waals surface area contributed by atoms with Crippen LogP contribution in [0.2, 0.25) is 10.6 Å². The van der Waals surface area contributed by atoms with Crippen LogP contribution in [-0.2, 0) is 11.0 Å². The molecular formula is C23H19Cl2F3N10O. The van der Waals surface area contributed by atoms with E-state index in [-0.39, 0.29) is 28.1 Å². The van der Waals surface area contributed by atoms with E-state index in [2.05, 4.69) is 52.4 Å². The Hall–Kier alpha value is -4.56. The third-order valence-corrected chi connectivity index (χ3v) is 4.82. The Bertz CT molecular complexity index is 1490. The van der Waals surface area contributed by atoms with Crippen molar-refractivity contribution in [2.75, 3.05) is 21.7 Å². The van der Waals surface area contributed by atoms with E-state index in [0.717, 1.165) is 5.56 Å². The molecule has 0 aromatic carbocycles. The lowest BCUT2D eigenvalue weighted by molar-refractivity contribution is -0.137. The first-order valence-electron chi connectivity index (χ1n) is 10.7. The highest BCUT2D eigenvalue weighted by Crippen LogP contribution is 2.34. The number of hydrogen-bond donors (Lipinski definition) is 4. The van der Waals surface area contributed by atoms with Crippen LogP contribution < -0.4 is 21.7 Å². The molecule has 0 fully saturated rings. The lowest BCUT2D eigenvalue weighted by Gasteiger charge is -2.12. The molecule has 4 rings (SSSR count). The van der Waals surface area contributed by atoms with Gasteiger partial charge in [-0.2, -0.15) is 18.2 Å². The maximum Gasteiger partial charge on any atom is 0.421 e. The van der Waals surface area contributed by atoms with Gasteiger partial charge in [-0.3, -0.25) is 4.79 Å². The van der Waals surface area contributed by atoms with Gasteiger partial charge in [-0.1, -0.05) is 18.7 Å². The maximum absolute atomic E-state index is 12.8. The summed E-state index contributed by atoms with van der Waals surface area (Å²) >= 11 is 11.2. The van der Waals surface area contributed by atoms with E-state index in [1.165, 1.54) is 18.2 Å². The van der Waals surface area contributed by atoms with Crippen molar-refractivity contribution < 1.29 is 18.0 Å². The van der Waals surface area contributed by atoms with Gasteiger partial charge < -0.3 is 21.7 Å². The number of hydrogen-bond acceptors (Lipinski definition) is 10. The second kappa shape index (κ2) is 12.8. The number of nitrogen functional groups attached to an aromatic ring is 1. The summed E-state index contributed by atoms with van der Waals surface area (Å²) in [5, 5.41) is 7.85. The highest BCUT2D eigenvalue weighted by Gasteiger charge is 2.35. The molecular weight excluding hydrogens is 560 g/mol. The minimum atomic E-state index is -4.60. The first-order valence-corrected chi connectivity index (χ1v) is 11.5. The number of rotatable bonds is 6. The zero-order valence-electron chi connectivity index (χ0n) is 20.0. The molecule has 39 heavy (non-hydrogen) atoms. The van der Waals surface area contributed by atoms with Gasteiger partial charge in [-0.25, -0.2) is 24.9 Å². The zero-order valence-corrected chi connectivity index (χ0v) is 21.5. The second-order valence-electron chi connectivity index (χ2n) is 7.37. The average Bonchev–Trinajstić information content (AvgIpc) is 2.86. The zero-order chi connectivity index (χ0) is 28.6. The molecule has 0 saturated heterocycles. The molecule has 4 aromatic heterocycles. The van der Waals surface area contributed by atoms with Crippen LogP contribution in [0.1, 0.15) is 11.1 Å². The molecule has 0 aliphatic rings. The Morgan fingerprint density at radius 2 is 1.46 bits per heavy atom. The average molecular weight is 579 g/mol. The van der Waals surface area contributed by atoms with E-state index < -0.39 is 17.6 Å². The summed E-state index contributed by atoms with van der Waals surface area (Å²) in [4.78, 5) is 34.0. The van der Waals surface area contributed by atoms with Crippen LogP contribution in [0.15, 0.2) is 61.4 Å². The van der Waals surface area contributed by atoms with Crippen LogP contribution in [-0.4, -0.2) is 35.8 Å². The number of pyridine rings is 2. The molecule has 0 saturated carbocycles. The number of nitrogens with zero attached hydrogens (tertiary/aromatic N) is 6. The molecule has 4 aromatic rings. The maximum atomic E-state index is 12.8. The van der Waals surface area contributed by atoms with Gasteiger partial charge in [-0.05, 0) is 60.5 Å². The Morgan fingerprint density at radius 1 is 0.897 bits per heavy atom. The lowest BCUT2D eigenvalue weighted by Crippen LogP contribution is -2.12. The molecule has 16 heteroatoms. The monoisotopic (exact) mass is 578 g/mol. The third-order valence-electron chi connectivity index (χ3n) is 4.46. The number of nitrogens with two attached hydrogens (primary N) is 1. The molecule has 0 spiro atoms. The number of carbonyl (C=O) groups is 1. The predicted octanol–water partition coefficient (Wildman–Crippen LogP) is 5.57. The van der Waals surface area contributed by atoms with Crippen molar-refractivity contribution in [2.45, 2.75) is 13.1 Å². The fourth-order valence-electron chi connectivity index (χ4n) is 2.73. The smallest absolute Gasteiger partial charge is 0.384 e. The Balaban J connectivity index is 0.000000216. The van der Waals surface area contributed by atoms with Crippen molar-refractivity contribution in [1.29, 1.82) is 0 Å². The third kappa shape index (κ3) is 8.76. The van der Waals surface area contributed by atoms with Crippen LogP contribution in [0.3, 0.4) is 0 Å². The summed E-state index contributed by atoms with van der Waals surface area (Å²) in [5.41, 5.74) is 5.22. The Morgan fingerprint density at radius 3 is 2.10 bits per heavy atom. The van der Waals surface area contributed by atoms with Crippen molar-refractivity contribution in [3.8, 4) is 0 Å². The molecule has 1 amide bonds. The van der Waals surface area contributed by atoms with Gasteiger partial charge in [0.05, 0.1) is 0 Å². The topological polar surface area (TPSA) is 157 Å². The van der Waals surface area contributed by atoms with Crippen LogP contribution in [0, 0.1) is 6.92 Å². The lowest BCUT2D eigenvalue weighted by atomic mass is 10.3. The fourth-order valence-corrected chi connectivity index (χ4v) is 2.99. The van der Waals surface area contributed by atoms with Gasteiger partial charge in [-0.15, -0.1) is 0 Å². The quantitative estimate of drug-likeness (QED) is 0.168. The van der Waals surface area contributed by atoms with E-state index in [1.807, 2.05) is 6.92 Å². The molecule has 202 valence electrons. The molecule has 0 aliphatic heterocycles. The number of halogens is 5. The summed E-state index contributed by atoms with van der Waals surface area (Å²) in [6.07, 6.45) is -1.21. The van der Waals surface area contributed by atoms with Gasteiger partial charge >= 0.3 is 6.18 Å². The van der Waals surface area contributed by atoms with Gasteiger partial charge in [0.15, 0.2) is 0 Å².